The molecule has 1 aromatic rings. The Morgan fingerprint density at radius 2 is 2.16 bits per heavy atom. The van der Waals surface area contributed by atoms with Crippen LogP contribution < -0.4 is 10.1 Å². The van der Waals surface area contributed by atoms with E-state index < -0.39 is 0 Å². The van der Waals surface area contributed by atoms with E-state index in [9.17, 15) is 0 Å². The van der Waals surface area contributed by atoms with Crippen molar-refractivity contribution in [1.29, 1.82) is 0 Å². The summed E-state index contributed by atoms with van der Waals surface area (Å²) < 4.78 is 5.75. The van der Waals surface area contributed by atoms with Gasteiger partial charge in [0.25, 0.3) is 0 Å². The maximum atomic E-state index is 6.24. The van der Waals surface area contributed by atoms with E-state index in [2.05, 4.69) is 24.3 Å². The van der Waals surface area contributed by atoms with Crippen LogP contribution in [0.3, 0.4) is 0 Å². The molecule has 3 nitrogen and oxygen atoms in total. The van der Waals surface area contributed by atoms with E-state index in [1.165, 1.54) is 0 Å². The van der Waals surface area contributed by atoms with E-state index >= 15 is 0 Å². The molecule has 1 atom stereocenters. The molecule has 0 saturated heterocycles. The number of likely N-dealkylation sites (N-methyl/N-ethyl adjacent to an activating group) is 1. The molecule has 0 fully saturated rings. The summed E-state index contributed by atoms with van der Waals surface area (Å²) in [5.41, 5.74) is 1.12. The highest BCUT2D eigenvalue weighted by Crippen LogP contribution is 2.40. The summed E-state index contributed by atoms with van der Waals surface area (Å²) in [6, 6.07) is 4.15. The number of ether oxygens (including phenoxy) is 1. The van der Waals surface area contributed by atoms with Crippen molar-refractivity contribution in [3.8, 4) is 5.75 Å². The number of fused-ring (bicyclic) bond motifs is 1. The average molecular weight is 303 g/mol. The second kappa shape index (κ2) is 6.80. The quantitative estimate of drug-likeness (QED) is 0.923. The molecule has 1 aliphatic heterocycles. The lowest BCUT2D eigenvalue weighted by molar-refractivity contribution is 0.314. The number of nitrogens with zero attached hydrogens (tertiary/aromatic N) is 1. The van der Waals surface area contributed by atoms with Crippen molar-refractivity contribution >= 4 is 23.2 Å². The number of hydrogen-bond acceptors (Lipinski definition) is 3. The lowest BCUT2D eigenvalue weighted by Crippen LogP contribution is -2.29. The minimum Gasteiger partial charge on any atom is -0.492 e. The van der Waals surface area contributed by atoms with Gasteiger partial charge < -0.3 is 15.0 Å². The summed E-state index contributed by atoms with van der Waals surface area (Å²) >= 11 is 12.3. The maximum Gasteiger partial charge on any atom is 0.144 e. The van der Waals surface area contributed by atoms with Gasteiger partial charge in [0, 0.05) is 24.7 Å². The number of halogens is 2. The molecule has 0 saturated carbocycles. The molecule has 1 aromatic carbocycles. The normalized spacial score (nSPS) is 18.9. The van der Waals surface area contributed by atoms with E-state index in [1.54, 1.807) is 0 Å². The van der Waals surface area contributed by atoms with E-state index in [0.717, 1.165) is 37.2 Å². The van der Waals surface area contributed by atoms with Crippen LogP contribution in [-0.4, -0.2) is 38.7 Å². The van der Waals surface area contributed by atoms with Crippen LogP contribution in [0.15, 0.2) is 12.1 Å². The predicted molar refractivity (Wildman–Crippen MR) is 80.5 cm³/mol. The maximum absolute atomic E-state index is 6.24. The monoisotopic (exact) mass is 302 g/mol. The zero-order chi connectivity index (χ0) is 13.8. The van der Waals surface area contributed by atoms with Crippen LogP contribution in [0.2, 0.25) is 10.0 Å². The highest BCUT2D eigenvalue weighted by Gasteiger charge is 2.22. The molecule has 0 aromatic heterocycles. The average Bonchev–Trinajstić information content (AvgIpc) is 2.57. The molecule has 19 heavy (non-hydrogen) atoms. The lowest BCUT2D eigenvalue weighted by Gasteiger charge is -2.20. The molecule has 1 unspecified atom stereocenters. The number of benzene rings is 1. The third-order valence-corrected chi connectivity index (χ3v) is 4.08. The fourth-order valence-electron chi connectivity index (χ4n) is 2.26. The highest BCUT2D eigenvalue weighted by molar-refractivity contribution is 6.43. The van der Waals surface area contributed by atoms with Crippen molar-refractivity contribution < 1.29 is 4.74 Å². The van der Waals surface area contributed by atoms with Crippen molar-refractivity contribution in [3.63, 3.8) is 0 Å². The van der Waals surface area contributed by atoms with Gasteiger partial charge >= 0.3 is 0 Å². The molecule has 106 valence electrons. The molecular formula is C14H20Cl2N2O. The van der Waals surface area contributed by atoms with E-state index in [0.29, 0.717) is 16.7 Å². The molecule has 1 heterocycles. The Hall–Kier alpha value is -0.480. The Balaban J connectivity index is 2.16. The lowest BCUT2D eigenvalue weighted by atomic mass is 10.0. The van der Waals surface area contributed by atoms with Crippen LogP contribution in [-0.2, 0) is 0 Å². The van der Waals surface area contributed by atoms with Gasteiger partial charge in [-0.05, 0) is 33.0 Å². The Bertz CT molecular complexity index is 438. The second-order valence-electron chi connectivity index (χ2n) is 5.08. The van der Waals surface area contributed by atoms with Crippen molar-refractivity contribution in [2.24, 2.45) is 0 Å². The summed E-state index contributed by atoms with van der Waals surface area (Å²) in [6.07, 6.45) is 2.07. The van der Waals surface area contributed by atoms with Crippen LogP contribution in [0.4, 0.5) is 0 Å². The van der Waals surface area contributed by atoms with Gasteiger partial charge in [-0.2, -0.15) is 0 Å². The first-order valence-electron chi connectivity index (χ1n) is 6.58. The molecule has 5 heteroatoms. The molecule has 0 amide bonds. The second-order valence-corrected chi connectivity index (χ2v) is 5.87. The van der Waals surface area contributed by atoms with E-state index in [-0.39, 0.29) is 6.04 Å². The smallest absolute Gasteiger partial charge is 0.144 e. The molecule has 0 spiro atoms. The van der Waals surface area contributed by atoms with Gasteiger partial charge in [0.05, 0.1) is 11.6 Å². The summed E-state index contributed by atoms with van der Waals surface area (Å²) in [5, 5.41) is 4.65. The van der Waals surface area contributed by atoms with Gasteiger partial charge in [0.1, 0.15) is 10.8 Å². The first-order valence-corrected chi connectivity index (χ1v) is 7.34. The molecular weight excluding hydrogens is 283 g/mol. The SMILES string of the molecule is CN(C)CCNC1CCCOc2c1ccc(Cl)c2Cl. The topological polar surface area (TPSA) is 24.5 Å². The largest absolute Gasteiger partial charge is 0.492 e. The Morgan fingerprint density at radius 3 is 2.89 bits per heavy atom. The van der Waals surface area contributed by atoms with Crippen LogP contribution in [0, 0.1) is 0 Å². The van der Waals surface area contributed by atoms with Gasteiger partial charge in [-0.3, -0.25) is 0 Å². The first kappa shape index (κ1) is 14.9. The van der Waals surface area contributed by atoms with Crippen molar-refractivity contribution in [3.05, 3.63) is 27.7 Å². The first-order chi connectivity index (χ1) is 9.09. The minimum absolute atomic E-state index is 0.284. The van der Waals surface area contributed by atoms with Crippen molar-refractivity contribution in [2.75, 3.05) is 33.8 Å². The summed E-state index contributed by atoms with van der Waals surface area (Å²) in [7, 11) is 4.14. The summed E-state index contributed by atoms with van der Waals surface area (Å²) in [5.74, 6) is 0.744. The minimum atomic E-state index is 0.284. The van der Waals surface area contributed by atoms with Crippen molar-refractivity contribution in [2.45, 2.75) is 18.9 Å². The Morgan fingerprint density at radius 1 is 1.37 bits per heavy atom. The fraction of sp³-hybridized carbons (Fsp3) is 0.571. The molecule has 0 aliphatic carbocycles. The number of rotatable bonds is 4. The highest BCUT2D eigenvalue weighted by atomic mass is 35.5. The van der Waals surface area contributed by atoms with Crippen molar-refractivity contribution in [1.82, 2.24) is 10.2 Å². The van der Waals surface area contributed by atoms with Crippen LogP contribution >= 0.6 is 23.2 Å². The summed E-state index contributed by atoms with van der Waals surface area (Å²) in [6.45, 7) is 2.64. The molecule has 2 rings (SSSR count). The standard InChI is InChI=1S/C14H20Cl2N2O/c1-18(2)8-7-17-12-4-3-9-19-14-10(12)5-6-11(15)13(14)16/h5-6,12,17H,3-4,7-9H2,1-2H3. The molecule has 0 radical (unpaired) electrons. The summed E-state index contributed by atoms with van der Waals surface area (Å²) in [4.78, 5) is 2.16. The number of nitrogens with one attached hydrogen (secondary N) is 1. The van der Waals surface area contributed by atoms with Gasteiger partial charge in [-0.15, -0.1) is 0 Å². The van der Waals surface area contributed by atoms with Gasteiger partial charge in [-0.1, -0.05) is 29.3 Å². The predicted octanol–water partition coefficient (Wildman–Crippen LogP) is 3.36. The van der Waals surface area contributed by atoms with E-state index in [1.807, 2.05) is 12.1 Å². The third kappa shape index (κ3) is 3.76. The Labute approximate surface area is 124 Å². The van der Waals surface area contributed by atoms with E-state index in [4.69, 9.17) is 27.9 Å². The zero-order valence-corrected chi connectivity index (χ0v) is 12.9. The van der Waals surface area contributed by atoms with Crippen LogP contribution in [0.25, 0.3) is 0 Å². The third-order valence-electron chi connectivity index (χ3n) is 3.29. The van der Waals surface area contributed by atoms with Crippen LogP contribution in [0.5, 0.6) is 5.75 Å². The zero-order valence-electron chi connectivity index (χ0n) is 11.4. The van der Waals surface area contributed by atoms with Gasteiger partial charge in [0.2, 0.25) is 0 Å². The van der Waals surface area contributed by atoms with Gasteiger partial charge in [-0.25, -0.2) is 0 Å². The number of hydrogen-bond donors (Lipinski definition) is 1. The molecule has 1 aliphatic rings. The molecule has 1 N–H and O–H groups in total. The Kier molecular flexibility index (Phi) is 5.34. The van der Waals surface area contributed by atoms with Gasteiger partial charge in [0.15, 0.2) is 0 Å². The molecule has 0 bridgehead atoms. The fourth-order valence-corrected chi connectivity index (χ4v) is 2.64. The van der Waals surface area contributed by atoms with Crippen LogP contribution in [0.1, 0.15) is 24.4 Å².